The molecule has 0 saturated heterocycles. The molecule has 8 nitrogen and oxygen atoms in total. The van der Waals surface area contributed by atoms with Crippen LogP contribution in [0.25, 0.3) is 10.9 Å². The topological polar surface area (TPSA) is 109 Å². The van der Waals surface area contributed by atoms with E-state index in [2.05, 4.69) is 9.97 Å². The van der Waals surface area contributed by atoms with Crippen LogP contribution in [0, 0.1) is 0 Å². The zero-order valence-electron chi connectivity index (χ0n) is 16.1. The van der Waals surface area contributed by atoms with Gasteiger partial charge in [-0.1, -0.05) is 26.0 Å². The molecule has 0 unspecified atom stereocenters. The number of carbonyl (C=O) groups is 1. The predicted molar refractivity (Wildman–Crippen MR) is 108 cm³/mol. The largest absolute Gasteiger partial charge is 0.454 e. The summed E-state index contributed by atoms with van der Waals surface area (Å²) in [6, 6.07) is 12.4. The highest BCUT2D eigenvalue weighted by molar-refractivity contribution is 7.89. The summed E-state index contributed by atoms with van der Waals surface area (Å²) >= 11 is 0. The number of rotatable bonds is 7. The van der Waals surface area contributed by atoms with Crippen molar-refractivity contribution in [3.63, 3.8) is 0 Å². The highest BCUT2D eigenvalue weighted by Gasteiger charge is 2.22. The Balaban J connectivity index is 1.73. The lowest BCUT2D eigenvalue weighted by atomic mass is 10.2. The fourth-order valence-corrected chi connectivity index (χ4v) is 4.35. The number of para-hydroxylation sites is 1. The lowest BCUT2D eigenvalue weighted by Crippen LogP contribution is -2.30. The Morgan fingerprint density at radius 1 is 1.07 bits per heavy atom. The molecule has 0 bridgehead atoms. The Morgan fingerprint density at radius 3 is 2.38 bits per heavy atom. The first-order valence-electron chi connectivity index (χ1n) is 9.12. The second kappa shape index (κ2) is 8.54. The number of nitrogens with one attached hydrogen (secondary N) is 1. The Hall–Kier alpha value is -3.04. The standard InChI is InChI=1S/C20H21N3O5S/c1-3-23(4-2)29(26,27)15-11-9-14(10-12-15)20(25)28-13-18-21-17-8-6-5-7-16(17)19(24)22-18/h5-12H,3-4,13H2,1-2H3,(H,21,22,24). The van der Waals surface area contributed by atoms with E-state index in [1.165, 1.54) is 28.6 Å². The Bertz CT molecular complexity index is 1180. The monoisotopic (exact) mass is 415 g/mol. The van der Waals surface area contributed by atoms with Crippen LogP contribution in [-0.4, -0.2) is 41.7 Å². The average molecular weight is 415 g/mol. The van der Waals surface area contributed by atoms with Crippen LogP contribution in [0.1, 0.15) is 30.0 Å². The first kappa shape index (κ1) is 20.7. The third-order valence-corrected chi connectivity index (χ3v) is 6.50. The quantitative estimate of drug-likeness (QED) is 0.593. The maximum atomic E-state index is 12.5. The number of esters is 1. The van der Waals surface area contributed by atoms with Gasteiger partial charge in [0.05, 0.1) is 21.4 Å². The number of carbonyl (C=O) groups excluding carboxylic acids is 1. The molecule has 0 amide bonds. The van der Waals surface area contributed by atoms with Crippen LogP contribution in [0.3, 0.4) is 0 Å². The minimum atomic E-state index is -3.59. The van der Waals surface area contributed by atoms with Gasteiger partial charge in [0, 0.05) is 13.1 Å². The van der Waals surface area contributed by atoms with Gasteiger partial charge in [-0.3, -0.25) is 4.79 Å². The summed E-state index contributed by atoms with van der Waals surface area (Å²) in [5.41, 5.74) is 0.396. The second-order valence-corrected chi connectivity index (χ2v) is 8.16. The summed E-state index contributed by atoms with van der Waals surface area (Å²) in [6.07, 6.45) is 0. The summed E-state index contributed by atoms with van der Waals surface area (Å²) in [7, 11) is -3.59. The van der Waals surface area contributed by atoms with Crippen molar-refractivity contribution in [1.29, 1.82) is 0 Å². The normalized spacial score (nSPS) is 11.7. The van der Waals surface area contributed by atoms with Crippen LogP contribution in [0.4, 0.5) is 0 Å². The number of hydrogen-bond donors (Lipinski definition) is 1. The van der Waals surface area contributed by atoms with Crippen molar-refractivity contribution in [1.82, 2.24) is 14.3 Å². The van der Waals surface area contributed by atoms with Crippen molar-refractivity contribution in [3.8, 4) is 0 Å². The van der Waals surface area contributed by atoms with Crippen molar-refractivity contribution in [3.05, 3.63) is 70.3 Å². The Labute approximate surface area is 168 Å². The number of nitrogens with zero attached hydrogens (tertiary/aromatic N) is 2. The molecule has 9 heteroatoms. The lowest BCUT2D eigenvalue weighted by molar-refractivity contribution is 0.0462. The molecule has 0 aliphatic carbocycles. The molecular weight excluding hydrogens is 394 g/mol. The van der Waals surface area contributed by atoms with Gasteiger partial charge in [0.15, 0.2) is 0 Å². The highest BCUT2D eigenvalue weighted by Crippen LogP contribution is 2.17. The molecular formula is C20H21N3O5S. The number of aromatic amines is 1. The minimum absolute atomic E-state index is 0.110. The van der Waals surface area contributed by atoms with Gasteiger partial charge in [-0.2, -0.15) is 4.31 Å². The van der Waals surface area contributed by atoms with E-state index in [0.29, 0.717) is 24.0 Å². The average Bonchev–Trinajstić information content (AvgIpc) is 2.73. The molecule has 0 fully saturated rings. The van der Waals surface area contributed by atoms with E-state index in [4.69, 9.17) is 4.74 Å². The zero-order chi connectivity index (χ0) is 21.0. The number of sulfonamides is 1. The molecule has 0 atom stereocenters. The molecule has 1 heterocycles. The maximum Gasteiger partial charge on any atom is 0.338 e. The Kier molecular flexibility index (Phi) is 6.09. The van der Waals surface area contributed by atoms with Crippen molar-refractivity contribution >= 4 is 26.9 Å². The van der Waals surface area contributed by atoms with Crippen molar-refractivity contribution in [2.45, 2.75) is 25.3 Å². The van der Waals surface area contributed by atoms with E-state index >= 15 is 0 Å². The third-order valence-electron chi connectivity index (χ3n) is 4.44. The molecule has 3 aromatic rings. The maximum absolute atomic E-state index is 12.5. The summed E-state index contributed by atoms with van der Waals surface area (Å²) in [4.78, 5) is 31.3. The number of H-pyrrole nitrogens is 1. The van der Waals surface area contributed by atoms with Gasteiger partial charge in [0.1, 0.15) is 12.4 Å². The van der Waals surface area contributed by atoms with Gasteiger partial charge in [-0.15, -0.1) is 0 Å². The summed E-state index contributed by atoms with van der Waals surface area (Å²) in [5.74, 6) is -0.421. The smallest absolute Gasteiger partial charge is 0.338 e. The van der Waals surface area contributed by atoms with E-state index in [-0.39, 0.29) is 28.4 Å². The van der Waals surface area contributed by atoms with Crippen LogP contribution in [0.5, 0.6) is 0 Å². The number of ether oxygens (including phenoxy) is 1. The predicted octanol–water partition coefficient (Wildman–Crippen LogP) is 2.31. The summed E-state index contributed by atoms with van der Waals surface area (Å²) < 4.78 is 31.5. The fraction of sp³-hybridized carbons (Fsp3) is 0.250. The minimum Gasteiger partial charge on any atom is -0.454 e. The number of aromatic nitrogens is 2. The molecule has 152 valence electrons. The van der Waals surface area contributed by atoms with Crippen LogP contribution in [0.2, 0.25) is 0 Å². The molecule has 3 rings (SSSR count). The molecule has 0 aliphatic heterocycles. The number of benzene rings is 2. The van der Waals surface area contributed by atoms with Gasteiger partial charge < -0.3 is 9.72 Å². The van der Waals surface area contributed by atoms with Crippen molar-refractivity contribution < 1.29 is 17.9 Å². The van der Waals surface area contributed by atoms with Gasteiger partial charge in [0.25, 0.3) is 5.56 Å². The molecule has 0 radical (unpaired) electrons. The van der Waals surface area contributed by atoms with E-state index in [1.54, 1.807) is 38.1 Å². The van der Waals surface area contributed by atoms with Gasteiger partial charge in [0.2, 0.25) is 10.0 Å². The molecule has 0 spiro atoms. The second-order valence-electron chi connectivity index (χ2n) is 6.22. The van der Waals surface area contributed by atoms with E-state index < -0.39 is 16.0 Å². The molecule has 0 saturated carbocycles. The first-order chi connectivity index (χ1) is 13.9. The highest BCUT2D eigenvalue weighted by atomic mass is 32.2. The number of fused-ring (bicyclic) bond motifs is 1. The van der Waals surface area contributed by atoms with Crippen LogP contribution < -0.4 is 5.56 Å². The van der Waals surface area contributed by atoms with Crippen LogP contribution in [0.15, 0.2) is 58.2 Å². The van der Waals surface area contributed by atoms with Gasteiger partial charge in [-0.25, -0.2) is 18.2 Å². The van der Waals surface area contributed by atoms with Gasteiger partial charge >= 0.3 is 5.97 Å². The molecule has 2 aromatic carbocycles. The lowest BCUT2D eigenvalue weighted by Gasteiger charge is -2.18. The SMILES string of the molecule is CCN(CC)S(=O)(=O)c1ccc(C(=O)OCc2nc3ccccc3c(=O)[nH]2)cc1. The molecule has 29 heavy (non-hydrogen) atoms. The number of hydrogen-bond acceptors (Lipinski definition) is 6. The van der Waals surface area contributed by atoms with E-state index in [9.17, 15) is 18.0 Å². The summed E-state index contributed by atoms with van der Waals surface area (Å²) in [6.45, 7) is 4.04. The molecule has 1 N–H and O–H groups in total. The van der Waals surface area contributed by atoms with Crippen LogP contribution in [-0.2, 0) is 21.4 Å². The Morgan fingerprint density at radius 2 is 1.72 bits per heavy atom. The molecule has 0 aliphatic rings. The fourth-order valence-electron chi connectivity index (χ4n) is 2.90. The zero-order valence-corrected chi connectivity index (χ0v) is 16.9. The first-order valence-corrected chi connectivity index (χ1v) is 10.6. The summed E-state index contributed by atoms with van der Waals surface area (Å²) in [5, 5.41) is 0.451. The van der Waals surface area contributed by atoms with Crippen LogP contribution >= 0.6 is 0 Å². The van der Waals surface area contributed by atoms with Gasteiger partial charge in [-0.05, 0) is 36.4 Å². The van der Waals surface area contributed by atoms with Crippen molar-refractivity contribution in [2.75, 3.05) is 13.1 Å². The molecule has 1 aromatic heterocycles. The van der Waals surface area contributed by atoms with E-state index in [0.717, 1.165) is 0 Å². The van der Waals surface area contributed by atoms with E-state index in [1.807, 2.05) is 0 Å². The third kappa shape index (κ3) is 4.36. The van der Waals surface area contributed by atoms with Crippen molar-refractivity contribution in [2.24, 2.45) is 0 Å².